The predicted octanol–water partition coefficient (Wildman–Crippen LogP) is 0.816. The van der Waals surface area contributed by atoms with E-state index in [1.54, 1.807) is 21.0 Å². The number of hydrogen-bond acceptors (Lipinski definition) is 3. The fraction of sp³-hybridized carbons (Fsp3) is 1.00. The molecule has 0 aliphatic rings. The second-order valence-corrected chi connectivity index (χ2v) is 5.60. The molecule has 0 aliphatic carbocycles. The molecule has 14 heavy (non-hydrogen) atoms. The molecule has 0 saturated carbocycles. The van der Waals surface area contributed by atoms with E-state index in [1.807, 2.05) is 0 Å². The quantitative estimate of drug-likeness (QED) is 0.674. The van der Waals surface area contributed by atoms with Gasteiger partial charge in [-0.05, 0) is 12.8 Å². The standard InChI is InChI=1S/C8H18ClNO3S/c1-7(4-9)6-14(11,12)10-5-8(2)13-3/h7-8,10H,4-6H2,1-3H3. The van der Waals surface area contributed by atoms with Crippen LogP contribution in [-0.2, 0) is 14.8 Å². The van der Waals surface area contributed by atoms with E-state index in [9.17, 15) is 8.42 Å². The maximum Gasteiger partial charge on any atom is 0.211 e. The predicted molar refractivity (Wildman–Crippen MR) is 58.1 cm³/mol. The minimum atomic E-state index is -3.21. The molecule has 0 rings (SSSR count). The van der Waals surface area contributed by atoms with Crippen molar-refractivity contribution in [2.24, 2.45) is 5.92 Å². The van der Waals surface area contributed by atoms with Crippen molar-refractivity contribution in [1.29, 1.82) is 0 Å². The molecule has 0 fully saturated rings. The van der Waals surface area contributed by atoms with E-state index in [4.69, 9.17) is 16.3 Å². The fourth-order valence-electron chi connectivity index (χ4n) is 0.806. The van der Waals surface area contributed by atoms with Crippen molar-refractivity contribution in [3.05, 3.63) is 0 Å². The molecule has 0 saturated heterocycles. The van der Waals surface area contributed by atoms with Gasteiger partial charge in [-0.25, -0.2) is 13.1 Å². The second kappa shape index (κ2) is 6.61. The Bertz CT molecular complexity index is 243. The fourth-order valence-corrected chi connectivity index (χ4v) is 2.52. The van der Waals surface area contributed by atoms with Crippen LogP contribution < -0.4 is 4.72 Å². The summed E-state index contributed by atoms with van der Waals surface area (Å²) < 4.78 is 30.2. The van der Waals surface area contributed by atoms with Crippen molar-refractivity contribution in [3.63, 3.8) is 0 Å². The molecule has 2 atom stereocenters. The highest BCUT2D eigenvalue weighted by Crippen LogP contribution is 2.02. The number of ether oxygens (including phenoxy) is 1. The van der Waals surface area contributed by atoms with Gasteiger partial charge in [0.05, 0.1) is 11.9 Å². The topological polar surface area (TPSA) is 55.4 Å². The summed E-state index contributed by atoms with van der Waals surface area (Å²) in [4.78, 5) is 0. The summed E-state index contributed by atoms with van der Waals surface area (Å²) in [7, 11) is -1.67. The molecule has 86 valence electrons. The monoisotopic (exact) mass is 243 g/mol. The Morgan fingerprint density at radius 3 is 2.43 bits per heavy atom. The maximum atomic E-state index is 11.4. The van der Waals surface area contributed by atoms with Gasteiger partial charge >= 0.3 is 0 Å². The van der Waals surface area contributed by atoms with Gasteiger partial charge in [0.1, 0.15) is 0 Å². The summed E-state index contributed by atoms with van der Waals surface area (Å²) in [5.41, 5.74) is 0. The minimum absolute atomic E-state index is 0.0352. The zero-order valence-electron chi connectivity index (χ0n) is 8.79. The van der Waals surface area contributed by atoms with Gasteiger partial charge in [0.2, 0.25) is 10.0 Å². The molecule has 6 heteroatoms. The normalized spacial score (nSPS) is 16.6. The molecule has 0 aliphatic heterocycles. The number of hydrogen-bond donors (Lipinski definition) is 1. The van der Waals surface area contributed by atoms with Gasteiger partial charge in [-0.3, -0.25) is 0 Å². The van der Waals surface area contributed by atoms with Gasteiger partial charge in [0, 0.05) is 19.5 Å². The van der Waals surface area contributed by atoms with E-state index in [-0.39, 0.29) is 17.8 Å². The van der Waals surface area contributed by atoms with Crippen LogP contribution in [0.1, 0.15) is 13.8 Å². The smallest absolute Gasteiger partial charge is 0.211 e. The van der Waals surface area contributed by atoms with Crippen LogP contribution in [0, 0.1) is 5.92 Å². The van der Waals surface area contributed by atoms with Crippen LogP contribution in [0.4, 0.5) is 0 Å². The number of sulfonamides is 1. The average molecular weight is 244 g/mol. The molecule has 1 N–H and O–H groups in total. The number of methoxy groups -OCH3 is 1. The first-order chi connectivity index (χ1) is 6.41. The van der Waals surface area contributed by atoms with Crippen LogP contribution in [0.15, 0.2) is 0 Å². The molecule has 0 spiro atoms. The summed E-state index contributed by atoms with van der Waals surface area (Å²) in [6, 6.07) is 0. The van der Waals surface area contributed by atoms with Crippen LogP contribution in [0.2, 0.25) is 0 Å². The number of halogens is 1. The van der Waals surface area contributed by atoms with Gasteiger partial charge in [-0.2, -0.15) is 0 Å². The third kappa shape index (κ3) is 6.59. The number of rotatable bonds is 7. The Morgan fingerprint density at radius 2 is 2.00 bits per heavy atom. The molecule has 0 bridgehead atoms. The van der Waals surface area contributed by atoms with E-state index in [0.29, 0.717) is 12.4 Å². The van der Waals surface area contributed by atoms with Crippen LogP contribution in [0.5, 0.6) is 0 Å². The molecule has 0 radical (unpaired) electrons. The molecule has 0 heterocycles. The zero-order valence-corrected chi connectivity index (χ0v) is 10.4. The summed E-state index contributed by atoms with van der Waals surface area (Å²) >= 11 is 5.53. The van der Waals surface area contributed by atoms with E-state index >= 15 is 0 Å². The third-order valence-electron chi connectivity index (χ3n) is 1.76. The van der Waals surface area contributed by atoms with Gasteiger partial charge in [0.25, 0.3) is 0 Å². The molecule has 0 amide bonds. The SMILES string of the molecule is COC(C)CNS(=O)(=O)CC(C)CCl. The first-order valence-corrected chi connectivity index (χ1v) is 6.66. The molecular formula is C8H18ClNO3S. The van der Waals surface area contributed by atoms with Crippen molar-refractivity contribution < 1.29 is 13.2 Å². The van der Waals surface area contributed by atoms with Crippen LogP contribution >= 0.6 is 11.6 Å². The first kappa shape index (κ1) is 14.2. The van der Waals surface area contributed by atoms with E-state index < -0.39 is 10.0 Å². The lowest BCUT2D eigenvalue weighted by Crippen LogP contribution is -2.35. The van der Waals surface area contributed by atoms with Crippen molar-refractivity contribution in [3.8, 4) is 0 Å². The second-order valence-electron chi connectivity index (χ2n) is 3.44. The summed E-state index contributed by atoms with van der Waals surface area (Å²) in [6.07, 6.45) is -0.115. The Labute approximate surface area is 91.0 Å². The summed E-state index contributed by atoms with van der Waals surface area (Å²) in [5, 5.41) is 0. The highest BCUT2D eigenvalue weighted by Gasteiger charge is 2.15. The zero-order chi connectivity index (χ0) is 11.2. The molecule has 0 aromatic carbocycles. The Morgan fingerprint density at radius 1 is 1.43 bits per heavy atom. The highest BCUT2D eigenvalue weighted by atomic mass is 35.5. The molecular weight excluding hydrogens is 226 g/mol. The lowest BCUT2D eigenvalue weighted by molar-refractivity contribution is 0.122. The van der Waals surface area contributed by atoms with Crippen LogP contribution in [0.3, 0.4) is 0 Å². The van der Waals surface area contributed by atoms with Crippen molar-refractivity contribution in [1.82, 2.24) is 4.72 Å². The number of alkyl halides is 1. The van der Waals surface area contributed by atoms with Gasteiger partial charge < -0.3 is 4.74 Å². The molecule has 0 aromatic heterocycles. The van der Waals surface area contributed by atoms with Gasteiger partial charge in [0.15, 0.2) is 0 Å². The van der Waals surface area contributed by atoms with Crippen LogP contribution in [-0.4, -0.2) is 39.8 Å². The number of nitrogens with one attached hydrogen (secondary N) is 1. The van der Waals surface area contributed by atoms with Crippen molar-refractivity contribution in [2.75, 3.05) is 25.3 Å². The van der Waals surface area contributed by atoms with Crippen molar-refractivity contribution >= 4 is 21.6 Å². The average Bonchev–Trinajstić information content (AvgIpc) is 2.13. The Hall–Kier alpha value is 0.160. The molecule has 0 aromatic rings. The minimum Gasteiger partial charge on any atom is -0.380 e. The van der Waals surface area contributed by atoms with E-state index in [0.717, 1.165) is 0 Å². The Kier molecular flexibility index (Phi) is 6.68. The molecule has 2 unspecified atom stereocenters. The highest BCUT2D eigenvalue weighted by molar-refractivity contribution is 7.89. The van der Waals surface area contributed by atoms with Crippen molar-refractivity contribution in [2.45, 2.75) is 20.0 Å². The molecule has 4 nitrogen and oxygen atoms in total. The van der Waals surface area contributed by atoms with Crippen LogP contribution in [0.25, 0.3) is 0 Å². The Balaban J connectivity index is 3.96. The third-order valence-corrected chi connectivity index (χ3v) is 3.90. The van der Waals surface area contributed by atoms with E-state index in [1.165, 1.54) is 0 Å². The van der Waals surface area contributed by atoms with E-state index in [2.05, 4.69) is 4.72 Å². The summed E-state index contributed by atoms with van der Waals surface area (Å²) in [6.45, 7) is 3.90. The largest absolute Gasteiger partial charge is 0.380 e. The first-order valence-electron chi connectivity index (χ1n) is 4.47. The summed E-state index contributed by atoms with van der Waals surface area (Å²) in [5.74, 6) is 0.375. The lowest BCUT2D eigenvalue weighted by atomic mass is 10.3. The van der Waals surface area contributed by atoms with Gasteiger partial charge in [-0.1, -0.05) is 6.92 Å². The lowest BCUT2D eigenvalue weighted by Gasteiger charge is -2.13. The maximum absolute atomic E-state index is 11.4. The van der Waals surface area contributed by atoms with Gasteiger partial charge in [-0.15, -0.1) is 11.6 Å².